The minimum absolute atomic E-state index is 0.396. The standard InChI is InChI=1S/C15H14N4O/c16-14(20)12-9-19-15-11(6-7-17-15)13(12)18-8-10-4-2-1-3-5-10/h1-7,9H,8H2,(H2,16,20)(H2,17,18,19). The third-order valence-electron chi connectivity index (χ3n) is 3.16. The molecule has 4 N–H and O–H groups in total. The van der Waals surface area contributed by atoms with Gasteiger partial charge in [0.15, 0.2) is 0 Å². The molecular formula is C15H14N4O. The number of rotatable bonds is 4. The molecule has 0 bridgehead atoms. The van der Waals surface area contributed by atoms with Crippen molar-refractivity contribution in [1.29, 1.82) is 0 Å². The molecule has 0 radical (unpaired) electrons. The first-order valence-corrected chi connectivity index (χ1v) is 6.29. The molecule has 0 saturated heterocycles. The number of benzene rings is 1. The van der Waals surface area contributed by atoms with Crippen LogP contribution < -0.4 is 11.1 Å². The number of primary amides is 1. The van der Waals surface area contributed by atoms with Gasteiger partial charge in [0, 0.05) is 24.3 Å². The van der Waals surface area contributed by atoms with Crippen LogP contribution in [0.1, 0.15) is 15.9 Å². The van der Waals surface area contributed by atoms with Crippen LogP contribution in [0.15, 0.2) is 48.8 Å². The van der Waals surface area contributed by atoms with Crippen LogP contribution in [-0.2, 0) is 6.54 Å². The number of carbonyl (C=O) groups is 1. The summed E-state index contributed by atoms with van der Waals surface area (Å²) < 4.78 is 0. The first-order chi connectivity index (χ1) is 9.75. The Morgan fingerprint density at radius 3 is 2.80 bits per heavy atom. The highest BCUT2D eigenvalue weighted by Gasteiger charge is 2.13. The summed E-state index contributed by atoms with van der Waals surface area (Å²) in [4.78, 5) is 18.7. The maximum absolute atomic E-state index is 11.5. The maximum atomic E-state index is 11.5. The van der Waals surface area contributed by atoms with Gasteiger partial charge in [-0.2, -0.15) is 0 Å². The number of amides is 1. The van der Waals surface area contributed by atoms with Crippen molar-refractivity contribution < 1.29 is 4.79 Å². The van der Waals surface area contributed by atoms with Gasteiger partial charge in [-0.05, 0) is 11.6 Å². The monoisotopic (exact) mass is 266 g/mol. The van der Waals surface area contributed by atoms with E-state index in [4.69, 9.17) is 5.73 Å². The van der Waals surface area contributed by atoms with Gasteiger partial charge in [0.25, 0.3) is 5.91 Å². The van der Waals surface area contributed by atoms with Crippen molar-refractivity contribution in [3.05, 3.63) is 59.9 Å². The first-order valence-electron chi connectivity index (χ1n) is 6.29. The van der Waals surface area contributed by atoms with Crippen LogP contribution in [0.4, 0.5) is 5.69 Å². The molecule has 0 spiro atoms. The lowest BCUT2D eigenvalue weighted by molar-refractivity contribution is 0.100. The Morgan fingerprint density at radius 1 is 1.25 bits per heavy atom. The topological polar surface area (TPSA) is 83.8 Å². The van der Waals surface area contributed by atoms with Crippen LogP contribution in [0.25, 0.3) is 11.0 Å². The molecule has 3 aromatic rings. The number of H-pyrrole nitrogens is 1. The van der Waals surface area contributed by atoms with Crippen molar-refractivity contribution in [1.82, 2.24) is 9.97 Å². The van der Waals surface area contributed by atoms with Crippen molar-refractivity contribution in [2.75, 3.05) is 5.32 Å². The van der Waals surface area contributed by atoms with E-state index in [1.807, 2.05) is 36.4 Å². The molecule has 0 atom stereocenters. The van der Waals surface area contributed by atoms with E-state index in [1.165, 1.54) is 6.20 Å². The number of pyridine rings is 1. The second-order valence-corrected chi connectivity index (χ2v) is 4.49. The summed E-state index contributed by atoms with van der Waals surface area (Å²) in [7, 11) is 0. The van der Waals surface area contributed by atoms with Crippen LogP contribution in [0.3, 0.4) is 0 Å². The van der Waals surface area contributed by atoms with Crippen LogP contribution in [0, 0.1) is 0 Å². The van der Waals surface area contributed by atoms with Crippen LogP contribution in [0.5, 0.6) is 0 Å². The fourth-order valence-electron chi connectivity index (χ4n) is 2.17. The average molecular weight is 266 g/mol. The summed E-state index contributed by atoms with van der Waals surface area (Å²) in [6.45, 7) is 0.616. The summed E-state index contributed by atoms with van der Waals surface area (Å²) in [6, 6.07) is 11.8. The molecule has 20 heavy (non-hydrogen) atoms. The van der Waals surface area contributed by atoms with Gasteiger partial charge in [-0.3, -0.25) is 4.79 Å². The average Bonchev–Trinajstić information content (AvgIpc) is 2.94. The van der Waals surface area contributed by atoms with Crippen LogP contribution >= 0.6 is 0 Å². The predicted molar refractivity (Wildman–Crippen MR) is 78.4 cm³/mol. The normalized spacial score (nSPS) is 10.6. The molecule has 1 amide bonds. The Hall–Kier alpha value is -2.82. The smallest absolute Gasteiger partial charge is 0.252 e. The lowest BCUT2D eigenvalue weighted by Crippen LogP contribution is -2.15. The molecule has 100 valence electrons. The van der Waals surface area contributed by atoms with E-state index in [9.17, 15) is 4.79 Å². The van der Waals surface area contributed by atoms with E-state index in [0.717, 1.165) is 16.6 Å². The number of aromatic nitrogens is 2. The van der Waals surface area contributed by atoms with Crippen molar-refractivity contribution >= 4 is 22.6 Å². The summed E-state index contributed by atoms with van der Waals surface area (Å²) in [6.07, 6.45) is 3.28. The Labute approximate surface area is 115 Å². The minimum Gasteiger partial charge on any atom is -0.380 e. The third kappa shape index (κ3) is 2.21. The molecule has 0 fully saturated rings. The fourth-order valence-corrected chi connectivity index (χ4v) is 2.17. The minimum atomic E-state index is -0.490. The maximum Gasteiger partial charge on any atom is 0.252 e. The van der Waals surface area contributed by atoms with Crippen molar-refractivity contribution in [2.24, 2.45) is 5.73 Å². The number of nitrogens with two attached hydrogens (primary N) is 1. The van der Waals surface area contributed by atoms with E-state index in [0.29, 0.717) is 17.8 Å². The second kappa shape index (κ2) is 5.05. The van der Waals surface area contributed by atoms with Gasteiger partial charge in [0.05, 0.1) is 11.3 Å². The van der Waals surface area contributed by atoms with E-state index in [2.05, 4.69) is 15.3 Å². The van der Waals surface area contributed by atoms with Crippen molar-refractivity contribution in [3.63, 3.8) is 0 Å². The Kier molecular flexibility index (Phi) is 3.09. The number of hydrogen-bond acceptors (Lipinski definition) is 3. The molecule has 2 aromatic heterocycles. The lowest BCUT2D eigenvalue weighted by Gasteiger charge is -2.11. The summed E-state index contributed by atoms with van der Waals surface area (Å²) >= 11 is 0. The van der Waals surface area contributed by atoms with Gasteiger partial charge in [-0.15, -0.1) is 0 Å². The molecule has 0 unspecified atom stereocenters. The Morgan fingerprint density at radius 2 is 2.05 bits per heavy atom. The summed E-state index contributed by atoms with van der Waals surface area (Å²) in [5.41, 5.74) is 8.38. The zero-order chi connectivity index (χ0) is 13.9. The zero-order valence-corrected chi connectivity index (χ0v) is 10.8. The number of carbonyl (C=O) groups excluding carboxylic acids is 1. The number of hydrogen-bond donors (Lipinski definition) is 3. The van der Waals surface area contributed by atoms with E-state index < -0.39 is 5.91 Å². The largest absolute Gasteiger partial charge is 0.380 e. The fraction of sp³-hybridized carbons (Fsp3) is 0.0667. The molecule has 1 aromatic carbocycles. The summed E-state index contributed by atoms with van der Waals surface area (Å²) in [5.74, 6) is -0.490. The predicted octanol–water partition coefficient (Wildman–Crippen LogP) is 2.27. The molecule has 5 heteroatoms. The van der Waals surface area contributed by atoms with Gasteiger partial charge < -0.3 is 16.0 Å². The number of anilines is 1. The van der Waals surface area contributed by atoms with Crippen LogP contribution in [-0.4, -0.2) is 15.9 Å². The highest BCUT2D eigenvalue weighted by atomic mass is 16.1. The lowest BCUT2D eigenvalue weighted by atomic mass is 10.1. The van der Waals surface area contributed by atoms with Gasteiger partial charge in [-0.1, -0.05) is 30.3 Å². The van der Waals surface area contributed by atoms with Crippen molar-refractivity contribution in [3.8, 4) is 0 Å². The quantitative estimate of drug-likeness (QED) is 0.677. The number of fused-ring (bicyclic) bond motifs is 1. The molecular weight excluding hydrogens is 252 g/mol. The van der Waals surface area contributed by atoms with Gasteiger partial charge in [0.2, 0.25) is 0 Å². The molecule has 3 rings (SSSR count). The van der Waals surface area contributed by atoms with E-state index >= 15 is 0 Å². The van der Waals surface area contributed by atoms with Gasteiger partial charge in [0.1, 0.15) is 5.65 Å². The van der Waals surface area contributed by atoms with Crippen molar-refractivity contribution in [2.45, 2.75) is 6.54 Å². The Balaban J connectivity index is 1.98. The SMILES string of the molecule is NC(=O)c1cnc2[nH]ccc2c1NCc1ccccc1. The van der Waals surface area contributed by atoms with E-state index in [1.54, 1.807) is 6.20 Å². The highest BCUT2D eigenvalue weighted by Crippen LogP contribution is 2.25. The highest BCUT2D eigenvalue weighted by molar-refractivity contribution is 6.05. The number of nitrogens with zero attached hydrogens (tertiary/aromatic N) is 1. The molecule has 0 aliphatic rings. The van der Waals surface area contributed by atoms with Crippen LogP contribution in [0.2, 0.25) is 0 Å². The second-order valence-electron chi connectivity index (χ2n) is 4.49. The third-order valence-corrected chi connectivity index (χ3v) is 3.16. The van der Waals surface area contributed by atoms with Gasteiger partial charge in [-0.25, -0.2) is 4.98 Å². The molecule has 5 nitrogen and oxygen atoms in total. The Bertz CT molecular complexity index is 749. The number of nitrogens with one attached hydrogen (secondary N) is 2. The van der Waals surface area contributed by atoms with E-state index in [-0.39, 0.29) is 0 Å². The molecule has 0 aliphatic carbocycles. The zero-order valence-electron chi connectivity index (χ0n) is 10.8. The molecule has 2 heterocycles. The first kappa shape index (κ1) is 12.2. The molecule has 0 aliphatic heterocycles. The summed E-state index contributed by atoms with van der Waals surface area (Å²) in [5, 5.41) is 4.14. The number of aromatic amines is 1. The van der Waals surface area contributed by atoms with Gasteiger partial charge >= 0.3 is 0 Å². The molecule has 0 saturated carbocycles.